The van der Waals surface area contributed by atoms with Crippen LogP contribution in [0, 0.1) is 0 Å². The molecule has 0 bridgehead atoms. The number of nitrogens with zero attached hydrogens (tertiary/aromatic N) is 3. The number of aliphatic imine (C=N–C) groups is 1. The second kappa shape index (κ2) is 9.19. The molecule has 1 aliphatic rings. The van der Waals surface area contributed by atoms with Gasteiger partial charge in [-0.3, -0.25) is 9.89 Å². The van der Waals surface area contributed by atoms with Gasteiger partial charge in [0, 0.05) is 32.2 Å². The van der Waals surface area contributed by atoms with E-state index in [9.17, 15) is 13.2 Å². The van der Waals surface area contributed by atoms with E-state index in [0.29, 0.717) is 32.0 Å². The highest BCUT2D eigenvalue weighted by atomic mass is 19.4. The first-order valence-corrected chi connectivity index (χ1v) is 7.86. The lowest BCUT2D eigenvalue weighted by molar-refractivity contribution is -0.143. The zero-order valence-electron chi connectivity index (χ0n) is 13.7. The molecule has 22 heavy (non-hydrogen) atoms. The molecular weight excluding hydrogens is 295 g/mol. The lowest BCUT2D eigenvalue weighted by Crippen LogP contribution is -2.45. The summed E-state index contributed by atoms with van der Waals surface area (Å²) in [6, 6.07) is 0.0176. The molecule has 0 saturated carbocycles. The highest BCUT2D eigenvalue weighted by Crippen LogP contribution is 2.19. The topological polar surface area (TPSA) is 42.9 Å². The van der Waals surface area contributed by atoms with Crippen molar-refractivity contribution in [3.63, 3.8) is 0 Å². The first-order valence-electron chi connectivity index (χ1n) is 7.86. The summed E-state index contributed by atoms with van der Waals surface area (Å²) < 4.78 is 37.2. The molecule has 1 aliphatic heterocycles. The van der Waals surface area contributed by atoms with Crippen LogP contribution in [0.25, 0.3) is 0 Å². The fourth-order valence-corrected chi connectivity index (χ4v) is 2.35. The molecule has 130 valence electrons. The molecule has 1 atom stereocenters. The minimum absolute atomic E-state index is 0.0176. The van der Waals surface area contributed by atoms with Gasteiger partial charge >= 0.3 is 6.18 Å². The van der Waals surface area contributed by atoms with Crippen molar-refractivity contribution in [3.05, 3.63) is 0 Å². The van der Waals surface area contributed by atoms with Crippen LogP contribution in [0.5, 0.6) is 0 Å². The Kier molecular flexibility index (Phi) is 7.95. The standard InChI is InChI=1S/C14H28F3N5/c1-4-18-13(19-7-9-21(3)5-2)20-12-6-8-22(10-12)11-14(15,16)17/h12H,4-11H2,1-3H3,(H2,18,19,20). The Morgan fingerprint density at radius 2 is 2.09 bits per heavy atom. The molecule has 0 radical (unpaired) electrons. The zero-order chi connectivity index (χ0) is 16.6. The number of hydrogen-bond donors (Lipinski definition) is 2. The number of nitrogens with one attached hydrogen (secondary N) is 2. The molecule has 0 aromatic rings. The van der Waals surface area contributed by atoms with Gasteiger partial charge in [-0.05, 0) is 26.9 Å². The number of hydrogen-bond acceptors (Lipinski definition) is 3. The summed E-state index contributed by atoms with van der Waals surface area (Å²) in [5.74, 6) is 0.686. The number of guanidine groups is 1. The third-order valence-electron chi connectivity index (χ3n) is 3.65. The summed E-state index contributed by atoms with van der Waals surface area (Å²) in [5, 5.41) is 6.38. The van der Waals surface area contributed by atoms with Crippen molar-refractivity contribution in [2.24, 2.45) is 4.99 Å². The van der Waals surface area contributed by atoms with Crippen molar-refractivity contribution in [2.75, 3.05) is 52.9 Å². The molecule has 2 N–H and O–H groups in total. The highest BCUT2D eigenvalue weighted by Gasteiger charge is 2.34. The number of alkyl halides is 3. The van der Waals surface area contributed by atoms with Gasteiger partial charge in [-0.1, -0.05) is 6.92 Å². The maximum absolute atomic E-state index is 12.4. The second-order valence-corrected chi connectivity index (χ2v) is 5.64. The molecule has 0 aromatic heterocycles. The molecule has 0 amide bonds. The Morgan fingerprint density at radius 3 is 2.68 bits per heavy atom. The summed E-state index contributed by atoms with van der Waals surface area (Å²) >= 11 is 0. The summed E-state index contributed by atoms with van der Waals surface area (Å²) in [6.07, 6.45) is -3.42. The number of likely N-dealkylation sites (N-methyl/N-ethyl adjacent to an activating group) is 1. The van der Waals surface area contributed by atoms with E-state index in [2.05, 4.69) is 27.4 Å². The maximum Gasteiger partial charge on any atom is 0.401 e. The van der Waals surface area contributed by atoms with Gasteiger partial charge in [-0.2, -0.15) is 13.2 Å². The van der Waals surface area contributed by atoms with Crippen LogP contribution in [0.1, 0.15) is 20.3 Å². The van der Waals surface area contributed by atoms with Crippen molar-refractivity contribution >= 4 is 5.96 Å². The van der Waals surface area contributed by atoms with Crippen molar-refractivity contribution in [1.29, 1.82) is 0 Å². The van der Waals surface area contributed by atoms with Crippen molar-refractivity contribution < 1.29 is 13.2 Å². The highest BCUT2D eigenvalue weighted by molar-refractivity contribution is 5.80. The third kappa shape index (κ3) is 7.84. The van der Waals surface area contributed by atoms with E-state index in [1.54, 1.807) is 0 Å². The first-order chi connectivity index (χ1) is 10.3. The lowest BCUT2D eigenvalue weighted by Gasteiger charge is -2.20. The molecular formula is C14H28F3N5. The number of rotatable bonds is 7. The molecule has 1 unspecified atom stereocenters. The van der Waals surface area contributed by atoms with Crippen LogP contribution in [0.2, 0.25) is 0 Å². The van der Waals surface area contributed by atoms with Crippen LogP contribution in [0.3, 0.4) is 0 Å². The molecule has 0 spiro atoms. The largest absolute Gasteiger partial charge is 0.401 e. The van der Waals surface area contributed by atoms with Gasteiger partial charge in [0.15, 0.2) is 5.96 Å². The monoisotopic (exact) mass is 323 g/mol. The molecule has 1 fully saturated rings. The Balaban J connectivity index is 2.42. The quantitative estimate of drug-likeness (QED) is 0.544. The van der Waals surface area contributed by atoms with E-state index in [-0.39, 0.29) is 6.04 Å². The van der Waals surface area contributed by atoms with E-state index in [0.717, 1.165) is 19.6 Å². The molecule has 5 nitrogen and oxygen atoms in total. The van der Waals surface area contributed by atoms with Gasteiger partial charge in [0.1, 0.15) is 0 Å². The van der Waals surface area contributed by atoms with Crippen LogP contribution in [0.15, 0.2) is 4.99 Å². The Morgan fingerprint density at radius 1 is 1.36 bits per heavy atom. The molecule has 1 rings (SSSR count). The minimum Gasteiger partial charge on any atom is -0.357 e. The first kappa shape index (κ1) is 19.0. The normalized spacial score (nSPS) is 20.7. The number of likely N-dealkylation sites (tertiary alicyclic amines) is 1. The van der Waals surface area contributed by atoms with Gasteiger partial charge in [-0.25, -0.2) is 0 Å². The van der Waals surface area contributed by atoms with Crippen LogP contribution in [0.4, 0.5) is 13.2 Å². The molecule has 0 aromatic carbocycles. The molecule has 1 heterocycles. The predicted octanol–water partition coefficient (Wildman–Crippen LogP) is 1.13. The van der Waals surface area contributed by atoms with E-state index in [1.165, 1.54) is 4.90 Å². The van der Waals surface area contributed by atoms with Gasteiger partial charge in [-0.15, -0.1) is 0 Å². The summed E-state index contributed by atoms with van der Waals surface area (Å²) in [5.41, 5.74) is 0. The summed E-state index contributed by atoms with van der Waals surface area (Å²) in [6.45, 7) is 7.31. The fraction of sp³-hybridized carbons (Fsp3) is 0.929. The van der Waals surface area contributed by atoms with E-state index in [4.69, 9.17) is 0 Å². The van der Waals surface area contributed by atoms with Crippen LogP contribution in [-0.4, -0.2) is 80.8 Å². The average molecular weight is 323 g/mol. The second-order valence-electron chi connectivity index (χ2n) is 5.64. The van der Waals surface area contributed by atoms with Gasteiger partial charge in [0.25, 0.3) is 0 Å². The average Bonchev–Trinajstić information content (AvgIpc) is 2.83. The van der Waals surface area contributed by atoms with E-state index < -0.39 is 12.7 Å². The van der Waals surface area contributed by atoms with Crippen molar-refractivity contribution in [2.45, 2.75) is 32.5 Å². The van der Waals surface area contributed by atoms with Crippen molar-refractivity contribution in [3.8, 4) is 0 Å². The van der Waals surface area contributed by atoms with Crippen LogP contribution >= 0.6 is 0 Å². The predicted molar refractivity (Wildman–Crippen MR) is 83.2 cm³/mol. The fourth-order valence-electron chi connectivity index (χ4n) is 2.35. The Labute approximate surface area is 130 Å². The lowest BCUT2D eigenvalue weighted by atomic mass is 10.3. The maximum atomic E-state index is 12.4. The van der Waals surface area contributed by atoms with Gasteiger partial charge in [0.2, 0.25) is 0 Å². The Bertz CT molecular complexity index is 346. The SMILES string of the molecule is CCNC(=NCCN(C)CC)NC1CCN(CC(F)(F)F)C1. The van der Waals surface area contributed by atoms with Crippen LogP contribution in [-0.2, 0) is 0 Å². The molecule has 1 saturated heterocycles. The summed E-state index contributed by atoms with van der Waals surface area (Å²) in [4.78, 5) is 8.07. The zero-order valence-corrected chi connectivity index (χ0v) is 13.7. The van der Waals surface area contributed by atoms with Gasteiger partial charge < -0.3 is 15.5 Å². The molecule has 0 aliphatic carbocycles. The molecule has 8 heteroatoms. The Hall–Kier alpha value is -1.02. The smallest absolute Gasteiger partial charge is 0.357 e. The van der Waals surface area contributed by atoms with Gasteiger partial charge in [0.05, 0.1) is 13.1 Å². The van der Waals surface area contributed by atoms with E-state index in [1.807, 2.05) is 14.0 Å². The number of halogens is 3. The third-order valence-corrected chi connectivity index (χ3v) is 3.65. The summed E-state index contributed by atoms with van der Waals surface area (Å²) in [7, 11) is 2.03. The minimum atomic E-state index is -4.13. The van der Waals surface area contributed by atoms with Crippen LogP contribution < -0.4 is 10.6 Å². The van der Waals surface area contributed by atoms with Crippen molar-refractivity contribution in [1.82, 2.24) is 20.4 Å². The van der Waals surface area contributed by atoms with E-state index >= 15 is 0 Å².